The molecule has 1 aromatic rings. The van der Waals surface area contributed by atoms with Gasteiger partial charge in [0.15, 0.2) is 0 Å². The molecule has 1 rings (SSSR count). The SMILES string of the molecule is COC(C)c1ccc(C(C)C(=O)O)cc1. The van der Waals surface area contributed by atoms with Crippen molar-refractivity contribution in [3.8, 4) is 0 Å². The number of methoxy groups -OCH3 is 1. The highest BCUT2D eigenvalue weighted by molar-refractivity contribution is 5.75. The summed E-state index contributed by atoms with van der Waals surface area (Å²) in [6.07, 6.45) is 0.0409. The number of benzene rings is 1. The van der Waals surface area contributed by atoms with E-state index in [9.17, 15) is 4.79 Å². The number of carboxylic acids is 1. The quantitative estimate of drug-likeness (QED) is 0.827. The van der Waals surface area contributed by atoms with Crippen molar-refractivity contribution >= 4 is 5.97 Å². The van der Waals surface area contributed by atoms with E-state index in [0.29, 0.717) is 0 Å². The normalized spacial score (nSPS) is 14.6. The fourth-order valence-corrected chi connectivity index (χ4v) is 1.33. The third kappa shape index (κ3) is 2.80. The monoisotopic (exact) mass is 208 g/mol. The highest BCUT2D eigenvalue weighted by Gasteiger charge is 2.13. The molecule has 1 N–H and O–H groups in total. The zero-order chi connectivity index (χ0) is 11.4. The molecule has 3 heteroatoms. The van der Waals surface area contributed by atoms with E-state index < -0.39 is 11.9 Å². The lowest BCUT2D eigenvalue weighted by Crippen LogP contribution is -2.07. The first-order valence-electron chi connectivity index (χ1n) is 4.91. The first kappa shape index (κ1) is 11.7. The van der Waals surface area contributed by atoms with Crippen LogP contribution >= 0.6 is 0 Å². The number of carboxylic acid groups (broad SMARTS) is 1. The minimum Gasteiger partial charge on any atom is -0.481 e. The van der Waals surface area contributed by atoms with Crippen molar-refractivity contribution in [2.75, 3.05) is 7.11 Å². The highest BCUT2D eigenvalue weighted by atomic mass is 16.5. The Morgan fingerprint density at radius 3 is 2.07 bits per heavy atom. The second-order valence-electron chi connectivity index (χ2n) is 3.60. The number of carbonyl (C=O) groups is 1. The minimum atomic E-state index is -0.803. The molecule has 3 nitrogen and oxygen atoms in total. The lowest BCUT2D eigenvalue weighted by atomic mass is 9.99. The molecule has 0 spiro atoms. The van der Waals surface area contributed by atoms with Crippen LogP contribution in [-0.4, -0.2) is 18.2 Å². The molecule has 0 saturated carbocycles. The van der Waals surface area contributed by atoms with E-state index >= 15 is 0 Å². The number of ether oxygens (including phenoxy) is 1. The molecule has 0 saturated heterocycles. The van der Waals surface area contributed by atoms with Crippen LogP contribution in [0.25, 0.3) is 0 Å². The number of aliphatic carboxylic acids is 1. The van der Waals surface area contributed by atoms with Crippen LogP contribution in [0.15, 0.2) is 24.3 Å². The number of hydrogen-bond acceptors (Lipinski definition) is 2. The van der Waals surface area contributed by atoms with Gasteiger partial charge in [-0.2, -0.15) is 0 Å². The van der Waals surface area contributed by atoms with Crippen molar-refractivity contribution < 1.29 is 14.6 Å². The Morgan fingerprint density at radius 1 is 1.20 bits per heavy atom. The van der Waals surface area contributed by atoms with Gasteiger partial charge in [-0.05, 0) is 25.0 Å². The van der Waals surface area contributed by atoms with Gasteiger partial charge < -0.3 is 9.84 Å². The zero-order valence-electron chi connectivity index (χ0n) is 9.23. The van der Waals surface area contributed by atoms with Gasteiger partial charge in [-0.25, -0.2) is 0 Å². The molecule has 0 fully saturated rings. The first-order valence-corrected chi connectivity index (χ1v) is 4.91. The average molecular weight is 208 g/mol. The van der Waals surface area contributed by atoms with Crippen molar-refractivity contribution in [1.29, 1.82) is 0 Å². The molecule has 0 aliphatic rings. The first-order chi connectivity index (χ1) is 7.06. The van der Waals surface area contributed by atoms with Gasteiger partial charge in [0.1, 0.15) is 0 Å². The fraction of sp³-hybridized carbons (Fsp3) is 0.417. The molecule has 2 unspecified atom stereocenters. The zero-order valence-corrected chi connectivity index (χ0v) is 9.23. The molecule has 0 radical (unpaired) electrons. The van der Waals surface area contributed by atoms with Gasteiger partial charge in [0.25, 0.3) is 0 Å². The van der Waals surface area contributed by atoms with Crippen molar-refractivity contribution in [2.45, 2.75) is 25.9 Å². The summed E-state index contributed by atoms with van der Waals surface area (Å²) < 4.78 is 5.17. The largest absolute Gasteiger partial charge is 0.481 e. The van der Waals surface area contributed by atoms with E-state index in [0.717, 1.165) is 11.1 Å². The van der Waals surface area contributed by atoms with Crippen LogP contribution < -0.4 is 0 Å². The van der Waals surface area contributed by atoms with E-state index in [1.807, 2.05) is 31.2 Å². The summed E-state index contributed by atoms with van der Waals surface area (Å²) >= 11 is 0. The summed E-state index contributed by atoms with van der Waals surface area (Å²) in [5.74, 6) is -1.26. The smallest absolute Gasteiger partial charge is 0.310 e. The van der Waals surface area contributed by atoms with E-state index in [4.69, 9.17) is 9.84 Å². The van der Waals surface area contributed by atoms with Crippen molar-refractivity contribution in [3.63, 3.8) is 0 Å². The molecule has 0 amide bonds. The molecule has 2 atom stereocenters. The highest BCUT2D eigenvalue weighted by Crippen LogP contribution is 2.20. The van der Waals surface area contributed by atoms with E-state index in [2.05, 4.69) is 0 Å². The molecule has 82 valence electrons. The van der Waals surface area contributed by atoms with Crippen LogP contribution in [0.2, 0.25) is 0 Å². The van der Waals surface area contributed by atoms with Gasteiger partial charge in [-0.15, -0.1) is 0 Å². The second kappa shape index (κ2) is 4.94. The maximum absolute atomic E-state index is 10.8. The molecule has 0 aromatic heterocycles. The Labute approximate surface area is 89.7 Å². The maximum Gasteiger partial charge on any atom is 0.310 e. The molecule has 1 aromatic carbocycles. The van der Waals surface area contributed by atoms with Crippen LogP contribution in [0.3, 0.4) is 0 Å². The average Bonchev–Trinajstić information content (AvgIpc) is 2.27. The second-order valence-corrected chi connectivity index (χ2v) is 3.60. The Balaban J connectivity index is 2.85. The Hall–Kier alpha value is -1.35. The van der Waals surface area contributed by atoms with Gasteiger partial charge in [0, 0.05) is 7.11 Å². The fourth-order valence-electron chi connectivity index (χ4n) is 1.33. The molecular formula is C12H16O3. The number of rotatable bonds is 4. The minimum absolute atomic E-state index is 0.0409. The van der Waals surface area contributed by atoms with E-state index in [1.165, 1.54) is 0 Å². The van der Waals surface area contributed by atoms with Crippen molar-refractivity contribution in [1.82, 2.24) is 0 Å². The van der Waals surface area contributed by atoms with E-state index in [1.54, 1.807) is 14.0 Å². The predicted octanol–water partition coefficient (Wildman–Crippen LogP) is 2.58. The molecule has 0 bridgehead atoms. The summed E-state index contributed by atoms with van der Waals surface area (Å²) in [5, 5.41) is 8.84. The third-order valence-electron chi connectivity index (χ3n) is 2.63. The van der Waals surface area contributed by atoms with E-state index in [-0.39, 0.29) is 6.10 Å². The summed E-state index contributed by atoms with van der Waals surface area (Å²) in [7, 11) is 1.65. The van der Waals surface area contributed by atoms with Gasteiger partial charge >= 0.3 is 5.97 Å². The Morgan fingerprint density at radius 2 is 1.67 bits per heavy atom. The van der Waals surface area contributed by atoms with Gasteiger partial charge in [-0.3, -0.25) is 4.79 Å². The van der Waals surface area contributed by atoms with Crippen molar-refractivity contribution in [2.24, 2.45) is 0 Å². The standard InChI is InChI=1S/C12H16O3/c1-8(12(13)14)10-4-6-11(7-5-10)9(2)15-3/h4-9H,1-3H3,(H,13,14). The van der Waals surface area contributed by atoms with Crippen LogP contribution in [-0.2, 0) is 9.53 Å². The van der Waals surface area contributed by atoms with Crippen LogP contribution in [0.5, 0.6) is 0 Å². The van der Waals surface area contributed by atoms with Crippen LogP contribution in [0, 0.1) is 0 Å². The molecule has 0 aliphatic heterocycles. The van der Waals surface area contributed by atoms with Crippen LogP contribution in [0.4, 0.5) is 0 Å². The Kier molecular flexibility index (Phi) is 3.86. The predicted molar refractivity (Wildman–Crippen MR) is 57.9 cm³/mol. The van der Waals surface area contributed by atoms with Gasteiger partial charge in [0.05, 0.1) is 12.0 Å². The molecule has 0 aliphatic carbocycles. The lowest BCUT2D eigenvalue weighted by Gasteiger charge is -2.11. The molecule has 15 heavy (non-hydrogen) atoms. The summed E-state index contributed by atoms with van der Waals surface area (Å²) in [4.78, 5) is 10.8. The van der Waals surface area contributed by atoms with Gasteiger partial charge in [-0.1, -0.05) is 24.3 Å². The van der Waals surface area contributed by atoms with Gasteiger partial charge in [0.2, 0.25) is 0 Å². The molecular weight excluding hydrogens is 192 g/mol. The molecule has 0 heterocycles. The Bertz CT molecular complexity index is 329. The summed E-state index contributed by atoms with van der Waals surface area (Å²) in [6, 6.07) is 7.49. The van der Waals surface area contributed by atoms with Crippen LogP contribution in [0.1, 0.15) is 37.0 Å². The summed E-state index contributed by atoms with van der Waals surface area (Å²) in [5.41, 5.74) is 1.87. The number of hydrogen-bond donors (Lipinski definition) is 1. The topological polar surface area (TPSA) is 46.5 Å². The van der Waals surface area contributed by atoms with Crippen molar-refractivity contribution in [3.05, 3.63) is 35.4 Å². The maximum atomic E-state index is 10.8. The summed E-state index contributed by atoms with van der Waals surface area (Å²) in [6.45, 7) is 3.63. The lowest BCUT2D eigenvalue weighted by molar-refractivity contribution is -0.138. The third-order valence-corrected chi connectivity index (χ3v) is 2.63.